The summed E-state index contributed by atoms with van der Waals surface area (Å²) in [4.78, 5) is 42.2. The number of ether oxygens (including phenoxy) is 1. The summed E-state index contributed by atoms with van der Waals surface area (Å²) < 4.78 is 4.99. The number of nitrogens with one attached hydrogen (secondary N) is 2. The zero-order valence-electron chi connectivity index (χ0n) is 17.6. The Morgan fingerprint density at radius 2 is 1.76 bits per heavy atom. The minimum Gasteiger partial charge on any atom is -0.465 e. The number of benzene rings is 1. The van der Waals surface area contributed by atoms with Crippen LogP contribution in [0.25, 0.3) is 11.3 Å². The lowest BCUT2D eigenvalue weighted by Gasteiger charge is -2.30. The van der Waals surface area contributed by atoms with E-state index in [9.17, 15) is 14.4 Å². The lowest BCUT2D eigenvalue weighted by Crippen LogP contribution is -2.54. The Bertz CT molecular complexity index is 852. The molecule has 2 aromatic rings. The smallest absolute Gasteiger partial charge is 0.325 e. The Kier molecular flexibility index (Phi) is 7.20. The Labute approximate surface area is 171 Å². The van der Waals surface area contributed by atoms with Gasteiger partial charge in [-0.25, -0.2) is 0 Å². The van der Waals surface area contributed by atoms with E-state index in [0.29, 0.717) is 5.69 Å². The number of amides is 2. The van der Waals surface area contributed by atoms with Crippen LogP contribution in [-0.2, 0) is 14.3 Å². The van der Waals surface area contributed by atoms with Gasteiger partial charge in [0.25, 0.3) is 5.91 Å². The maximum atomic E-state index is 13.1. The predicted molar refractivity (Wildman–Crippen MR) is 111 cm³/mol. The minimum absolute atomic E-state index is 0.199. The Morgan fingerprint density at radius 1 is 1.10 bits per heavy atom. The molecule has 2 rings (SSSR count). The van der Waals surface area contributed by atoms with Crippen molar-refractivity contribution in [2.75, 3.05) is 13.2 Å². The molecule has 0 fully saturated rings. The summed E-state index contributed by atoms with van der Waals surface area (Å²) in [5.74, 6) is -1.35. The molecule has 1 aromatic heterocycles. The summed E-state index contributed by atoms with van der Waals surface area (Å²) in [6, 6.07) is 12.2. The molecular weight excluding hydrogens is 370 g/mol. The van der Waals surface area contributed by atoms with Gasteiger partial charge in [0.2, 0.25) is 5.91 Å². The van der Waals surface area contributed by atoms with E-state index in [1.165, 1.54) is 4.90 Å². The van der Waals surface area contributed by atoms with Crippen molar-refractivity contribution in [3.05, 3.63) is 48.2 Å². The van der Waals surface area contributed by atoms with Crippen LogP contribution in [0.3, 0.4) is 0 Å². The number of nitrogens with zero attached hydrogens (tertiary/aromatic N) is 1. The molecule has 1 aromatic carbocycles. The fourth-order valence-electron chi connectivity index (χ4n) is 2.81. The van der Waals surface area contributed by atoms with Gasteiger partial charge in [-0.05, 0) is 52.3 Å². The second-order valence-corrected chi connectivity index (χ2v) is 7.81. The zero-order valence-corrected chi connectivity index (χ0v) is 17.6. The lowest BCUT2D eigenvalue weighted by molar-refractivity contribution is -0.144. The highest BCUT2D eigenvalue weighted by Gasteiger charge is 2.31. The van der Waals surface area contributed by atoms with Gasteiger partial charge in [0, 0.05) is 11.2 Å². The molecule has 0 saturated heterocycles. The first-order valence-corrected chi connectivity index (χ1v) is 9.65. The van der Waals surface area contributed by atoms with Crippen LogP contribution in [0.15, 0.2) is 42.5 Å². The highest BCUT2D eigenvalue weighted by molar-refractivity contribution is 5.98. The Balaban J connectivity index is 2.27. The predicted octanol–water partition coefficient (Wildman–Crippen LogP) is 2.99. The number of carbonyl (C=O) groups excluding carboxylic acids is 3. The number of rotatable bonds is 7. The quantitative estimate of drug-likeness (QED) is 0.700. The number of hydrogen-bond acceptors (Lipinski definition) is 4. The molecule has 0 aliphatic carbocycles. The molecule has 0 aliphatic rings. The first-order valence-electron chi connectivity index (χ1n) is 9.65. The van der Waals surface area contributed by atoms with E-state index in [1.54, 1.807) is 26.0 Å². The summed E-state index contributed by atoms with van der Waals surface area (Å²) in [6.45, 7) is 8.73. The molecule has 0 unspecified atom stereocenters. The average molecular weight is 399 g/mol. The van der Waals surface area contributed by atoms with Crippen LogP contribution in [0, 0.1) is 0 Å². The maximum Gasteiger partial charge on any atom is 0.325 e. The second-order valence-electron chi connectivity index (χ2n) is 7.81. The molecule has 1 atom stereocenters. The molecule has 0 saturated carbocycles. The number of esters is 1. The molecule has 7 nitrogen and oxygen atoms in total. The third-order valence-corrected chi connectivity index (χ3v) is 4.21. The summed E-state index contributed by atoms with van der Waals surface area (Å²) >= 11 is 0. The fourth-order valence-corrected chi connectivity index (χ4v) is 2.81. The third kappa shape index (κ3) is 6.20. The van der Waals surface area contributed by atoms with Crippen molar-refractivity contribution in [1.82, 2.24) is 15.2 Å². The van der Waals surface area contributed by atoms with Crippen LogP contribution in [-0.4, -0.2) is 52.4 Å². The molecule has 0 aliphatic heterocycles. The van der Waals surface area contributed by atoms with E-state index in [0.717, 1.165) is 11.3 Å². The molecule has 156 valence electrons. The average Bonchev–Trinajstić information content (AvgIpc) is 3.15. The van der Waals surface area contributed by atoms with Gasteiger partial charge in [-0.1, -0.05) is 30.3 Å². The van der Waals surface area contributed by atoms with Crippen LogP contribution >= 0.6 is 0 Å². The van der Waals surface area contributed by atoms with Gasteiger partial charge >= 0.3 is 5.97 Å². The van der Waals surface area contributed by atoms with Crippen molar-refractivity contribution >= 4 is 17.8 Å². The summed E-state index contributed by atoms with van der Waals surface area (Å²) in [6.07, 6.45) is 0. The molecule has 0 radical (unpaired) electrons. The van der Waals surface area contributed by atoms with Gasteiger partial charge in [-0.2, -0.15) is 0 Å². The van der Waals surface area contributed by atoms with E-state index in [4.69, 9.17) is 4.74 Å². The first-order chi connectivity index (χ1) is 13.6. The van der Waals surface area contributed by atoms with Crippen molar-refractivity contribution in [2.24, 2.45) is 0 Å². The number of carbonyl (C=O) groups is 3. The largest absolute Gasteiger partial charge is 0.465 e. The fraction of sp³-hybridized carbons (Fsp3) is 0.409. The van der Waals surface area contributed by atoms with E-state index < -0.39 is 23.5 Å². The van der Waals surface area contributed by atoms with Crippen LogP contribution in [0.2, 0.25) is 0 Å². The van der Waals surface area contributed by atoms with Gasteiger partial charge in [0.1, 0.15) is 18.3 Å². The van der Waals surface area contributed by atoms with Crippen LogP contribution in [0.4, 0.5) is 0 Å². The van der Waals surface area contributed by atoms with Crippen LogP contribution in [0.5, 0.6) is 0 Å². The van der Waals surface area contributed by atoms with Gasteiger partial charge in [0.05, 0.1) is 6.61 Å². The SMILES string of the molecule is CCOC(=O)CN(C(=O)c1ccc(-c2ccccc2)[nH]1)[C@@H](C)C(=O)NC(C)(C)C. The highest BCUT2D eigenvalue weighted by Crippen LogP contribution is 2.19. The van der Waals surface area contributed by atoms with Crippen molar-refractivity contribution < 1.29 is 19.1 Å². The van der Waals surface area contributed by atoms with Crippen molar-refractivity contribution in [3.8, 4) is 11.3 Å². The second kappa shape index (κ2) is 9.41. The summed E-state index contributed by atoms with van der Waals surface area (Å²) in [5, 5.41) is 2.85. The summed E-state index contributed by atoms with van der Waals surface area (Å²) in [5.41, 5.74) is 1.54. The van der Waals surface area contributed by atoms with E-state index >= 15 is 0 Å². The molecule has 1 heterocycles. The molecule has 0 spiro atoms. The monoisotopic (exact) mass is 399 g/mol. The van der Waals surface area contributed by atoms with E-state index in [1.807, 2.05) is 51.1 Å². The van der Waals surface area contributed by atoms with Crippen LogP contribution in [0.1, 0.15) is 45.1 Å². The van der Waals surface area contributed by atoms with Gasteiger partial charge < -0.3 is 19.9 Å². The Morgan fingerprint density at radius 3 is 2.34 bits per heavy atom. The standard InChI is InChI=1S/C22H29N3O4/c1-6-29-19(26)14-25(15(2)20(27)24-22(3,4)5)21(28)18-13-12-17(23-18)16-10-8-7-9-11-16/h7-13,15,23H,6,14H2,1-5H3,(H,24,27)/t15-/m0/s1. The number of aromatic nitrogens is 1. The molecule has 0 bridgehead atoms. The van der Waals surface area contributed by atoms with Crippen molar-refractivity contribution in [1.29, 1.82) is 0 Å². The molecular formula is C22H29N3O4. The summed E-state index contributed by atoms with van der Waals surface area (Å²) in [7, 11) is 0. The third-order valence-electron chi connectivity index (χ3n) is 4.21. The topological polar surface area (TPSA) is 91.5 Å². The first kappa shape index (κ1) is 22.2. The Hall–Kier alpha value is -3.09. The number of aromatic amines is 1. The lowest BCUT2D eigenvalue weighted by atomic mass is 10.1. The minimum atomic E-state index is -0.852. The van der Waals surface area contributed by atoms with Crippen LogP contribution < -0.4 is 5.32 Å². The van der Waals surface area contributed by atoms with Crippen molar-refractivity contribution in [2.45, 2.75) is 46.2 Å². The van der Waals surface area contributed by atoms with Gasteiger partial charge in [-0.3, -0.25) is 14.4 Å². The molecule has 2 N–H and O–H groups in total. The van der Waals surface area contributed by atoms with E-state index in [-0.39, 0.29) is 19.1 Å². The molecule has 29 heavy (non-hydrogen) atoms. The maximum absolute atomic E-state index is 13.1. The number of hydrogen-bond donors (Lipinski definition) is 2. The zero-order chi connectivity index (χ0) is 21.6. The van der Waals surface area contributed by atoms with E-state index in [2.05, 4.69) is 10.3 Å². The molecule has 2 amide bonds. The normalized spacial score (nSPS) is 12.2. The van der Waals surface area contributed by atoms with Crippen molar-refractivity contribution in [3.63, 3.8) is 0 Å². The number of H-pyrrole nitrogens is 1. The van der Waals surface area contributed by atoms with Gasteiger partial charge in [0.15, 0.2) is 0 Å². The molecule has 7 heteroatoms. The van der Waals surface area contributed by atoms with Gasteiger partial charge in [-0.15, -0.1) is 0 Å². The highest BCUT2D eigenvalue weighted by atomic mass is 16.5.